The fraction of sp³-hybridized carbons (Fsp3) is 0.667. The Kier molecular flexibility index (Phi) is 6.21. The first-order valence-electron chi connectivity index (χ1n) is 8.50. The SMILES string of the molecule is C=C1N=C(N(C)C)C=CN1[C@@H]1O[C@H](C(C)CP(=C)(C)C)[C@@H](O)[C@H]1OC. The van der Waals surface area contributed by atoms with Crippen LogP contribution in [0.1, 0.15) is 6.92 Å². The number of methoxy groups -OCH3 is 1. The minimum absolute atomic E-state index is 0.196. The van der Waals surface area contributed by atoms with Crippen LogP contribution in [-0.2, 0) is 9.47 Å². The average molecular weight is 369 g/mol. The molecule has 6 nitrogen and oxygen atoms in total. The quantitative estimate of drug-likeness (QED) is 0.748. The molecule has 0 aromatic heterocycles. The van der Waals surface area contributed by atoms with Crippen molar-refractivity contribution in [3.63, 3.8) is 0 Å². The summed E-state index contributed by atoms with van der Waals surface area (Å²) in [4.78, 5) is 8.25. The average Bonchev–Trinajstić information content (AvgIpc) is 2.81. The highest BCUT2D eigenvalue weighted by Gasteiger charge is 2.49. The number of aliphatic hydroxyl groups is 1. The minimum Gasteiger partial charge on any atom is -0.387 e. The Morgan fingerprint density at radius 1 is 1.48 bits per heavy atom. The molecule has 1 N–H and O–H groups in total. The molecule has 7 heteroatoms. The monoisotopic (exact) mass is 369 g/mol. The van der Waals surface area contributed by atoms with E-state index < -0.39 is 25.3 Å². The van der Waals surface area contributed by atoms with Gasteiger partial charge in [-0.05, 0) is 31.5 Å². The van der Waals surface area contributed by atoms with Gasteiger partial charge in [0, 0.05) is 27.4 Å². The first-order chi connectivity index (χ1) is 11.5. The highest BCUT2D eigenvalue weighted by molar-refractivity contribution is 7.72. The van der Waals surface area contributed by atoms with Gasteiger partial charge in [-0.25, -0.2) is 4.99 Å². The van der Waals surface area contributed by atoms with Crippen molar-refractivity contribution < 1.29 is 14.6 Å². The fourth-order valence-electron chi connectivity index (χ4n) is 3.45. The predicted molar refractivity (Wildman–Crippen MR) is 107 cm³/mol. The molecule has 1 saturated heterocycles. The number of ether oxygens (including phenoxy) is 2. The van der Waals surface area contributed by atoms with Crippen molar-refractivity contribution in [2.45, 2.75) is 31.5 Å². The summed E-state index contributed by atoms with van der Waals surface area (Å²) in [6, 6.07) is 0. The van der Waals surface area contributed by atoms with Crippen molar-refractivity contribution in [3.05, 3.63) is 24.7 Å². The summed E-state index contributed by atoms with van der Waals surface area (Å²) in [5.41, 5.74) is 0. The number of aliphatic imine (C=N–C) groups is 1. The maximum atomic E-state index is 10.8. The van der Waals surface area contributed by atoms with E-state index in [-0.39, 0.29) is 12.0 Å². The van der Waals surface area contributed by atoms with Gasteiger partial charge in [-0.15, -0.1) is 13.2 Å². The van der Waals surface area contributed by atoms with Crippen LogP contribution in [0.3, 0.4) is 0 Å². The molecule has 142 valence electrons. The standard InChI is InChI=1S/C18H32N3O3P/c1-12(11-25(6,7)8)16-15(22)17(23-5)18(24-16)21-10-9-14(20(3)4)19-13(21)2/h9-10,12,15-18,22H,2,6,11H2,1,3-5,7-8H3/t12?,15-,16-,17-,18-/m1/s1. The molecule has 1 unspecified atom stereocenters. The van der Waals surface area contributed by atoms with Crippen LogP contribution in [0.25, 0.3) is 0 Å². The summed E-state index contributed by atoms with van der Waals surface area (Å²) in [7, 11) is 5.46. The third kappa shape index (κ3) is 4.56. The zero-order valence-corrected chi connectivity index (χ0v) is 17.1. The number of nitrogens with zero attached hydrogens (tertiary/aromatic N) is 3. The molecule has 0 spiro atoms. The van der Waals surface area contributed by atoms with E-state index in [1.807, 2.05) is 36.2 Å². The molecule has 0 aromatic carbocycles. The molecule has 5 atom stereocenters. The van der Waals surface area contributed by atoms with Gasteiger partial charge < -0.3 is 24.4 Å². The van der Waals surface area contributed by atoms with Crippen LogP contribution in [0.4, 0.5) is 0 Å². The summed E-state index contributed by atoms with van der Waals surface area (Å²) < 4.78 is 11.8. The molecule has 0 aliphatic carbocycles. The van der Waals surface area contributed by atoms with E-state index in [4.69, 9.17) is 9.47 Å². The third-order valence-electron chi connectivity index (χ3n) is 4.52. The molecule has 2 aliphatic heterocycles. The van der Waals surface area contributed by atoms with Crippen molar-refractivity contribution in [3.8, 4) is 0 Å². The van der Waals surface area contributed by atoms with Crippen LogP contribution in [0.15, 0.2) is 29.7 Å². The lowest BCUT2D eigenvalue weighted by Gasteiger charge is -2.33. The molecule has 25 heavy (non-hydrogen) atoms. The summed E-state index contributed by atoms with van der Waals surface area (Å²) in [5, 5.41) is 10.8. The first-order valence-corrected chi connectivity index (χ1v) is 11.6. The molecule has 2 heterocycles. The lowest BCUT2D eigenvalue weighted by atomic mass is 10.00. The summed E-state index contributed by atoms with van der Waals surface area (Å²) in [5.74, 6) is 1.59. The van der Waals surface area contributed by atoms with E-state index in [2.05, 4.69) is 38.1 Å². The topological polar surface area (TPSA) is 57.5 Å². The second kappa shape index (κ2) is 7.67. The van der Waals surface area contributed by atoms with E-state index in [0.29, 0.717) is 5.82 Å². The Morgan fingerprint density at radius 3 is 2.60 bits per heavy atom. The molecule has 2 aliphatic rings. The van der Waals surface area contributed by atoms with Crippen LogP contribution >= 0.6 is 6.89 Å². The van der Waals surface area contributed by atoms with Gasteiger partial charge in [-0.1, -0.05) is 13.5 Å². The molecule has 0 radical (unpaired) electrons. The second-order valence-electron chi connectivity index (χ2n) is 7.78. The van der Waals surface area contributed by atoms with E-state index in [1.54, 1.807) is 7.11 Å². The van der Waals surface area contributed by atoms with Gasteiger partial charge in [0.15, 0.2) is 6.23 Å². The van der Waals surface area contributed by atoms with Gasteiger partial charge in [0.25, 0.3) is 0 Å². The number of amidine groups is 1. The van der Waals surface area contributed by atoms with Crippen molar-refractivity contribution in [1.29, 1.82) is 0 Å². The Balaban J connectivity index is 2.18. The molecular formula is C18H32N3O3P. The molecular weight excluding hydrogens is 337 g/mol. The van der Waals surface area contributed by atoms with Crippen LogP contribution in [-0.4, -0.2) is 92.3 Å². The van der Waals surface area contributed by atoms with Gasteiger partial charge in [0.05, 0.1) is 6.10 Å². The molecule has 0 bridgehead atoms. The van der Waals surface area contributed by atoms with Crippen LogP contribution in [0.2, 0.25) is 0 Å². The van der Waals surface area contributed by atoms with Gasteiger partial charge in [-0.2, -0.15) is 0 Å². The number of rotatable bonds is 5. The smallest absolute Gasteiger partial charge is 0.164 e. The van der Waals surface area contributed by atoms with Crippen LogP contribution < -0.4 is 0 Å². The lowest BCUT2D eigenvalue weighted by Crippen LogP contribution is -2.43. The Hall–Kier alpha value is -1.07. The van der Waals surface area contributed by atoms with Crippen molar-refractivity contribution >= 4 is 19.0 Å². The van der Waals surface area contributed by atoms with E-state index >= 15 is 0 Å². The van der Waals surface area contributed by atoms with E-state index in [9.17, 15) is 5.11 Å². The Bertz CT molecular complexity index is 611. The summed E-state index contributed by atoms with van der Waals surface area (Å²) in [6.45, 7) is 9.32. The zero-order valence-electron chi connectivity index (χ0n) is 16.2. The highest BCUT2D eigenvalue weighted by Crippen LogP contribution is 2.41. The summed E-state index contributed by atoms with van der Waals surface area (Å²) in [6.07, 6.45) is 7.12. The number of likely N-dealkylation sites (N-methyl/N-ethyl adjacent to an activating group) is 1. The van der Waals surface area contributed by atoms with Gasteiger partial charge >= 0.3 is 0 Å². The van der Waals surface area contributed by atoms with Crippen LogP contribution in [0.5, 0.6) is 0 Å². The predicted octanol–water partition coefficient (Wildman–Crippen LogP) is 1.69. The van der Waals surface area contributed by atoms with Gasteiger partial charge in [0.1, 0.15) is 23.9 Å². The largest absolute Gasteiger partial charge is 0.387 e. The normalized spacial score (nSPS) is 31.2. The molecule has 0 amide bonds. The Morgan fingerprint density at radius 2 is 2.12 bits per heavy atom. The van der Waals surface area contributed by atoms with Crippen molar-refractivity contribution in [1.82, 2.24) is 9.80 Å². The first kappa shape index (κ1) is 20.2. The molecule has 0 saturated carbocycles. The summed E-state index contributed by atoms with van der Waals surface area (Å²) >= 11 is 0. The zero-order chi connectivity index (χ0) is 18.9. The Labute approximate surface area is 151 Å². The maximum Gasteiger partial charge on any atom is 0.164 e. The van der Waals surface area contributed by atoms with Gasteiger partial charge in [-0.3, -0.25) is 0 Å². The van der Waals surface area contributed by atoms with E-state index in [1.165, 1.54) is 0 Å². The second-order valence-corrected chi connectivity index (χ2v) is 12.0. The number of hydrogen-bond acceptors (Lipinski definition) is 6. The minimum atomic E-state index is -1.22. The van der Waals surface area contributed by atoms with Gasteiger partial charge in [0.2, 0.25) is 0 Å². The number of hydrogen-bond donors (Lipinski definition) is 1. The molecule has 1 fully saturated rings. The maximum absolute atomic E-state index is 10.8. The fourth-order valence-corrected chi connectivity index (χ4v) is 5.22. The molecule has 2 rings (SSSR count). The van der Waals surface area contributed by atoms with Crippen molar-refractivity contribution in [2.24, 2.45) is 10.9 Å². The lowest BCUT2D eigenvalue weighted by molar-refractivity contribution is -0.0763. The third-order valence-corrected chi connectivity index (χ3v) is 6.09. The van der Waals surface area contributed by atoms with Crippen LogP contribution in [0, 0.1) is 5.92 Å². The molecule has 0 aromatic rings. The van der Waals surface area contributed by atoms with E-state index in [0.717, 1.165) is 12.0 Å². The van der Waals surface area contributed by atoms with Crippen molar-refractivity contribution in [2.75, 3.05) is 40.7 Å². The number of aliphatic hydroxyl groups excluding tert-OH is 1. The highest BCUT2D eigenvalue weighted by atomic mass is 31.2.